The van der Waals surface area contributed by atoms with Crippen molar-refractivity contribution in [3.05, 3.63) is 0 Å². The van der Waals surface area contributed by atoms with Gasteiger partial charge in [-0.1, -0.05) is 153 Å². The molecule has 14 saturated heterocycles. The van der Waals surface area contributed by atoms with Gasteiger partial charge in [-0.2, -0.15) is 0 Å². The summed E-state index contributed by atoms with van der Waals surface area (Å²) in [6.07, 6.45) is -6.83. The lowest BCUT2D eigenvalue weighted by molar-refractivity contribution is -0.298. The number of hydrogen-bond acceptors (Lipinski definition) is 37. The fraction of sp³-hybridized carbons (Fsp3) is 0.896. The Morgan fingerprint density at radius 2 is 0.718 bits per heavy atom. The second-order valence-corrected chi connectivity index (χ2v) is 65.1. The Bertz CT molecular complexity index is 4310. The number of Topliss-reactive ketones (excluding diaryl/α,β-unsaturated/α-hetero) is 2. The minimum Gasteiger partial charge on any atom is -0.443 e. The minimum absolute atomic E-state index is 0. The van der Waals surface area contributed by atoms with Crippen LogP contribution >= 0.6 is 0 Å². The number of oxime groups is 1. The van der Waals surface area contributed by atoms with Crippen molar-refractivity contribution in [3.63, 3.8) is 0 Å². The third kappa shape index (κ3) is 27.9. The van der Waals surface area contributed by atoms with Gasteiger partial charge in [0.05, 0.1) is 52.7 Å². The number of aliphatic hydroxyl groups is 2. The fourth-order valence-electron chi connectivity index (χ4n) is 16.4. The van der Waals surface area contributed by atoms with Crippen LogP contribution in [0, 0.1) is 0 Å². The molecule has 0 bridgehead atoms. The van der Waals surface area contributed by atoms with E-state index in [1.54, 1.807) is 48.5 Å². The predicted octanol–water partition coefficient (Wildman–Crippen LogP) is 15.9. The number of ketones is 2. The number of aliphatic hydroxyl groups excluding tert-OH is 2. The quantitative estimate of drug-likeness (QED) is 0.0275. The van der Waals surface area contributed by atoms with E-state index in [1.165, 1.54) is 6.21 Å². The Labute approximate surface area is 845 Å². The first-order valence-corrected chi connectivity index (χ1v) is 60.9. The maximum absolute atomic E-state index is 13.0. The van der Waals surface area contributed by atoms with Crippen molar-refractivity contribution in [1.29, 1.82) is 0 Å². The predicted molar refractivity (Wildman–Crippen MR) is 529 cm³/mol. The van der Waals surface area contributed by atoms with E-state index in [9.17, 15) is 53.4 Å². The summed E-state index contributed by atoms with van der Waals surface area (Å²) >= 11 is 0. The van der Waals surface area contributed by atoms with E-state index in [2.05, 4.69) is 157 Å². The van der Waals surface area contributed by atoms with Crippen molar-refractivity contribution in [2.45, 2.75) is 488 Å². The van der Waals surface area contributed by atoms with Crippen molar-refractivity contribution >= 4 is 93.7 Å². The number of carbonyl (C=O) groups is 9. The van der Waals surface area contributed by atoms with Crippen molar-refractivity contribution in [3.8, 4) is 0 Å². The second kappa shape index (κ2) is 46.0. The molecule has 0 aromatic heterocycles. The van der Waals surface area contributed by atoms with Gasteiger partial charge in [-0.3, -0.25) is 9.59 Å². The number of nitrogens with one attached hydrogen (secondary N) is 3. The van der Waals surface area contributed by atoms with Gasteiger partial charge >= 0.3 is 42.7 Å². The van der Waals surface area contributed by atoms with Gasteiger partial charge in [-0.05, 0) is 173 Å². The van der Waals surface area contributed by atoms with Crippen molar-refractivity contribution in [2.24, 2.45) is 5.16 Å². The lowest BCUT2D eigenvalue weighted by atomic mass is 9.97. The molecule has 14 aliphatic heterocycles. The van der Waals surface area contributed by atoms with E-state index < -0.39 is 200 Å². The van der Waals surface area contributed by atoms with Gasteiger partial charge in [0.1, 0.15) is 109 Å². The van der Waals surface area contributed by atoms with Gasteiger partial charge in [0, 0.05) is 19.1 Å². The van der Waals surface area contributed by atoms with Crippen LogP contribution in [0.25, 0.3) is 0 Å². The third-order valence-electron chi connectivity index (χ3n) is 29.1. The van der Waals surface area contributed by atoms with Crippen LogP contribution in [-0.2, 0) is 122 Å². The summed E-state index contributed by atoms with van der Waals surface area (Å²) in [5, 5.41) is 38.0. The van der Waals surface area contributed by atoms with Crippen molar-refractivity contribution in [2.75, 3.05) is 65.8 Å². The Morgan fingerprint density at radius 3 is 1.05 bits per heavy atom. The van der Waals surface area contributed by atoms with Gasteiger partial charge in [0.2, 0.25) is 5.78 Å². The van der Waals surface area contributed by atoms with Gasteiger partial charge in [-0.25, -0.2) is 43.4 Å². The van der Waals surface area contributed by atoms with Crippen molar-refractivity contribution in [1.82, 2.24) is 25.8 Å². The molecule has 0 aromatic carbocycles. The number of nitrogens with zero attached hydrogens (tertiary/aromatic N) is 3. The number of carbonyl (C=O) groups excluding carboxylic acids is 9. The second-order valence-electron chi connectivity index (χ2n) is 46.1. The maximum Gasteiger partial charge on any atom is 0.422 e. The molecule has 0 aromatic rings. The highest BCUT2D eigenvalue weighted by Gasteiger charge is 2.71. The summed E-state index contributed by atoms with van der Waals surface area (Å²) in [5.74, 6) is -10.2. The molecular formula is C96H176N6O36Si4. The van der Waals surface area contributed by atoms with E-state index in [-0.39, 0.29) is 118 Å². The molecule has 14 aliphatic rings. The Morgan fingerprint density at radius 1 is 0.415 bits per heavy atom. The molecule has 4 unspecified atom stereocenters. The first kappa shape index (κ1) is 125. The SMILES string of the molecule is C.C.C/C=N/O.CC(C)(C)[Si](C)(C)O[C@H]1[C@H](O)[C@H](O)CO[C@]12CNC(=O)O2.CC1(C)OC2[C@@H](CO[C@]3(CNC(=O)O3)[C@H]2O[Si](C)(C)C(C)(C)C)O1.CCC(=O)CC.CCC1(CC)OC2C(=O)[C@@]3(CN(C(=O)OC(C)(C)C)C(=O)O3)OC[C@H]2O1.CCC1(CC)OC2[C@@H](CO[C@]3(CN(C(=O)OC(C)(C)C)C(=O)O3)[C@H]2O[Si](C)(C)C(C)(C)C)O1.CCC1(CC)OC2[C@@H](CO[C@]3(CNC(=O)O3)[C@H]2O[Si](C)(C)C(C)(C)C)O1. The summed E-state index contributed by atoms with van der Waals surface area (Å²) in [4.78, 5) is 110. The number of hydrogen-bond donors (Lipinski definition) is 6. The van der Waals surface area contributed by atoms with Crippen LogP contribution in [0.2, 0.25) is 72.5 Å². The highest BCUT2D eigenvalue weighted by molar-refractivity contribution is 6.75. The van der Waals surface area contributed by atoms with Crippen LogP contribution in [0.15, 0.2) is 5.16 Å². The zero-order valence-corrected chi connectivity index (χ0v) is 94.0. The van der Waals surface area contributed by atoms with E-state index in [0.29, 0.717) is 57.5 Å². The maximum atomic E-state index is 13.0. The standard InChI is InChI=1S/C23H41NO8Si.C18H33NO6Si.C17H25NO8.C16H29NO6Si.C13H25NO6Si.C5H10O.C2H5NO.2CH4/c1-11-22(12-2)28-15-13-27-23(14-24(19(26)31-23)18(25)30-20(3,4)5)17(16(15)29-22)32-33(9,10)21(6,7)8;1-8-17(9-2)22-12-10-21-18(11-19-15(20)24-18)14(13(12)23-17)25-26(6,7)16(3,4)5;1-6-16(7-2)23-10-8-22-17(12(19)11(10)24-16)9-18(14(21)26-17)13(20)25-15(3,4)5;1-14(2,3)24(6,7)23-12-11-10(20-15(4,5)21-11)8-19-16(12)9-17-13(18)22-16;1-12(2,3)21(4,5)20-10-9(16)8(15)6-18-13(10)7-14-11(17)19-13;1-3-5(6)4-2;1-2-3-4;;/h15-17H,11-14H2,1-10H3;12-14H,8-11H2,1-7H3,(H,19,20);10-11H,6-9H2,1-5H3;10-12H,8-9H2,1-7H3,(H,17,18);8-10,15-16H,6-7H2,1-5H3,(H,14,17);3-4H2,1-2H3;2,4H,1H3;2*1H4/b;;;;;;3-2+;;/t15-,16?,17+,23+;12-,13?,14+,18+;10-,11?,17+;10-,11?,12+,16+;8-,9-,10+,13+;;;;/m11111..../s1. The molecule has 7 amide bonds. The molecule has 142 heavy (non-hydrogen) atoms. The molecule has 0 radical (unpaired) electrons. The van der Waals surface area contributed by atoms with Crippen LogP contribution in [0.3, 0.4) is 0 Å². The Balaban J connectivity index is 0.000000266. The first-order valence-electron chi connectivity index (χ1n) is 49.3. The molecule has 46 heteroatoms. The summed E-state index contributed by atoms with van der Waals surface area (Å²) in [6, 6.07) is 0. The monoisotopic (exact) mass is 2100 g/mol. The molecule has 14 heterocycles. The smallest absolute Gasteiger partial charge is 0.422 e. The van der Waals surface area contributed by atoms with Crippen LogP contribution in [-0.4, -0.2) is 333 Å². The van der Waals surface area contributed by atoms with Crippen LogP contribution in [0.4, 0.5) is 33.6 Å². The lowest BCUT2D eigenvalue weighted by Crippen LogP contribution is -2.66. The average molecular weight is 2100 g/mol. The Kier molecular flexibility index (Phi) is 40.4. The topological polar surface area (TPSA) is 491 Å². The molecule has 822 valence electrons. The van der Waals surface area contributed by atoms with E-state index in [4.69, 9.17) is 118 Å². The molecule has 6 N–H and O–H groups in total. The number of ether oxygens (including phenoxy) is 20. The molecule has 14 rings (SSSR count). The van der Waals surface area contributed by atoms with Crippen molar-refractivity contribution < 1.29 is 171 Å². The molecule has 19 atom stereocenters. The molecule has 5 spiro atoms. The Hall–Kier alpha value is -5.79. The highest BCUT2D eigenvalue weighted by atomic mass is 28.4. The largest absolute Gasteiger partial charge is 0.443 e. The molecule has 0 aliphatic carbocycles. The van der Waals surface area contributed by atoms with Gasteiger partial charge in [-0.15, -0.1) is 5.16 Å². The lowest BCUT2D eigenvalue weighted by Gasteiger charge is -2.48. The number of imide groups is 2. The number of amides is 7. The van der Waals surface area contributed by atoms with Crippen LogP contribution in [0.5, 0.6) is 0 Å². The molecule has 0 saturated carbocycles. The van der Waals surface area contributed by atoms with E-state index >= 15 is 0 Å². The summed E-state index contributed by atoms with van der Waals surface area (Å²) in [5.41, 5.74) is -1.55. The molecule has 14 fully saturated rings. The zero-order valence-electron chi connectivity index (χ0n) is 90.0. The van der Waals surface area contributed by atoms with Crippen LogP contribution < -0.4 is 16.0 Å². The average Bonchev–Trinajstić information content (AvgIpc) is 1.56. The number of fused-ring (bicyclic) bond motifs is 4. The molecule has 42 nitrogen and oxygen atoms in total. The fourth-order valence-corrected chi connectivity index (χ4v) is 21.6. The normalized spacial score (nSPS) is 33.0. The van der Waals surface area contributed by atoms with Gasteiger partial charge in [0.15, 0.2) is 62.5 Å². The summed E-state index contributed by atoms with van der Waals surface area (Å²) in [7, 11) is -8.93. The first-order chi connectivity index (χ1) is 64.1. The van der Waals surface area contributed by atoms with Crippen LogP contribution in [0.1, 0.15) is 267 Å². The van der Waals surface area contributed by atoms with E-state index in [1.807, 2.05) is 68.5 Å². The highest BCUT2D eigenvalue weighted by Crippen LogP contribution is 2.54. The zero-order chi connectivity index (χ0) is 106. The number of rotatable bonds is 16. The third-order valence-corrected chi connectivity index (χ3v) is 46.9. The molecular weight excluding hydrogens is 1930 g/mol. The van der Waals surface area contributed by atoms with Gasteiger partial charge in [0.25, 0.3) is 28.9 Å². The minimum atomic E-state index is -2.36. The summed E-state index contributed by atoms with van der Waals surface area (Å²) in [6.45, 7) is 74.8. The number of alkyl carbamates (subject to hydrolysis) is 3. The van der Waals surface area contributed by atoms with E-state index in [0.717, 1.165) is 22.6 Å². The summed E-state index contributed by atoms with van der Waals surface area (Å²) < 4.78 is 143. The van der Waals surface area contributed by atoms with Gasteiger partial charge < -0.3 is 144 Å².